The monoisotopic (exact) mass is 523 g/mol. The first kappa shape index (κ1) is 24.7. The predicted molar refractivity (Wildman–Crippen MR) is 132 cm³/mol. The number of anilines is 1. The van der Waals surface area contributed by atoms with Crippen molar-refractivity contribution < 1.29 is 23.9 Å². The molecule has 174 valence electrons. The number of rotatable bonds is 6. The Kier molecular flexibility index (Phi) is 8.15. The van der Waals surface area contributed by atoms with E-state index in [0.717, 1.165) is 10.0 Å². The van der Waals surface area contributed by atoms with E-state index in [1.54, 1.807) is 67.6 Å². The van der Waals surface area contributed by atoms with Crippen molar-refractivity contribution >= 4 is 45.1 Å². The Bertz CT molecular complexity index is 1260. The molecule has 3 rings (SSSR count). The van der Waals surface area contributed by atoms with E-state index in [4.69, 9.17) is 9.47 Å². The number of hydrogen-bond acceptors (Lipinski definition) is 6. The van der Waals surface area contributed by atoms with E-state index in [-0.39, 0.29) is 0 Å². The third-order valence-electron chi connectivity index (χ3n) is 4.78. The maximum absolute atomic E-state index is 12.4. The Balaban J connectivity index is 1.59. The van der Waals surface area contributed by atoms with Crippen LogP contribution in [0.4, 0.5) is 5.69 Å². The maximum Gasteiger partial charge on any atom is 0.347 e. The fourth-order valence-corrected chi connectivity index (χ4v) is 3.41. The fourth-order valence-electron chi connectivity index (χ4n) is 2.94. The molecule has 0 saturated heterocycles. The van der Waals surface area contributed by atoms with Crippen molar-refractivity contribution in [2.75, 3.05) is 12.4 Å². The molecule has 8 nitrogen and oxygen atoms in total. The zero-order valence-electron chi connectivity index (χ0n) is 18.7. The number of ether oxygens (including phenoxy) is 2. The fraction of sp³-hybridized carbons (Fsp3) is 0.120. The van der Waals surface area contributed by atoms with Crippen molar-refractivity contribution in [2.45, 2.75) is 13.8 Å². The highest BCUT2D eigenvalue weighted by Crippen LogP contribution is 2.21. The van der Waals surface area contributed by atoms with Crippen LogP contribution in [-0.2, 0) is 9.59 Å². The number of hydrogen-bond donors (Lipinski definition) is 2. The van der Waals surface area contributed by atoms with Crippen LogP contribution in [0.15, 0.2) is 76.3 Å². The second kappa shape index (κ2) is 11.2. The normalized spacial score (nSPS) is 10.9. The SMILES string of the molecule is COc1ccccc1C(=O)Oc1ccc(/C(C)=N/NC(=O)C(=O)Nc2ccc(Br)cc2C)cc1. The first-order valence-corrected chi connectivity index (χ1v) is 10.9. The second-order valence-electron chi connectivity index (χ2n) is 7.17. The molecule has 0 heterocycles. The lowest BCUT2D eigenvalue weighted by atomic mass is 10.1. The predicted octanol–water partition coefficient (Wildman–Crippen LogP) is 4.46. The van der Waals surface area contributed by atoms with Gasteiger partial charge in [-0.25, -0.2) is 10.2 Å². The van der Waals surface area contributed by atoms with Gasteiger partial charge in [0.25, 0.3) is 0 Å². The lowest BCUT2D eigenvalue weighted by Gasteiger charge is -2.09. The Morgan fingerprint density at radius 1 is 0.941 bits per heavy atom. The van der Waals surface area contributed by atoms with Gasteiger partial charge in [-0.2, -0.15) is 5.10 Å². The van der Waals surface area contributed by atoms with Crippen LogP contribution in [0, 0.1) is 6.92 Å². The number of halogens is 1. The highest BCUT2D eigenvalue weighted by Gasteiger charge is 2.16. The minimum Gasteiger partial charge on any atom is -0.496 e. The van der Waals surface area contributed by atoms with Gasteiger partial charge in [0.15, 0.2) is 0 Å². The second-order valence-corrected chi connectivity index (χ2v) is 8.08. The van der Waals surface area contributed by atoms with Crippen molar-refractivity contribution in [3.63, 3.8) is 0 Å². The van der Waals surface area contributed by atoms with E-state index in [9.17, 15) is 14.4 Å². The summed E-state index contributed by atoms with van der Waals surface area (Å²) in [5, 5.41) is 6.53. The van der Waals surface area contributed by atoms with E-state index < -0.39 is 17.8 Å². The third kappa shape index (κ3) is 6.29. The number of nitrogens with zero attached hydrogens (tertiary/aromatic N) is 1. The van der Waals surface area contributed by atoms with Crippen LogP contribution < -0.4 is 20.2 Å². The smallest absolute Gasteiger partial charge is 0.347 e. The van der Waals surface area contributed by atoms with Gasteiger partial charge in [-0.1, -0.05) is 28.1 Å². The molecule has 34 heavy (non-hydrogen) atoms. The summed E-state index contributed by atoms with van der Waals surface area (Å²) >= 11 is 3.35. The number of carbonyl (C=O) groups excluding carboxylic acids is 3. The quantitative estimate of drug-likeness (QED) is 0.163. The van der Waals surface area contributed by atoms with Crippen LogP contribution in [-0.4, -0.2) is 30.6 Å². The molecule has 0 bridgehead atoms. The van der Waals surface area contributed by atoms with Crippen molar-refractivity contribution in [3.8, 4) is 11.5 Å². The number of esters is 1. The van der Waals surface area contributed by atoms with Gasteiger partial charge in [-0.15, -0.1) is 0 Å². The van der Waals surface area contributed by atoms with Gasteiger partial charge in [0.1, 0.15) is 17.1 Å². The summed E-state index contributed by atoms with van der Waals surface area (Å²) in [6, 6.07) is 18.6. The van der Waals surface area contributed by atoms with Gasteiger partial charge in [-0.3, -0.25) is 9.59 Å². The summed E-state index contributed by atoms with van der Waals surface area (Å²) in [7, 11) is 1.48. The van der Waals surface area contributed by atoms with E-state index in [0.29, 0.717) is 34.0 Å². The molecule has 0 spiro atoms. The van der Waals surface area contributed by atoms with Gasteiger partial charge in [0.2, 0.25) is 0 Å². The first-order chi connectivity index (χ1) is 16.3. The van der Waals surface area contributed by atoms with Crippen LogP contribution in [0.2, 0.25) is 0 Å². The zero-order chi connectivity index (χ0) is 24.7. The van der Waals surface area contributed by atoms with E-state index in [2.05, 4.69) is 31.8 Å². The van der Waals surface area contributed by atoms with Gasteiger partial charge in [0, 0.05) is 10.2 Å². The molecular weight excluding hydrogens is 502 g/mol. The molecule has 2 N–H and O–H groups in total. The summed E-state index contributed by atoms with van der Waals surface area (Å²) < 4.78 is 11.4. The molecule has 0 fully saturated rings. The molecular formula is C25H22BrN3O5. The number of carbonyl (C=O) groups is 3. The molecule has 2 amide bonds. The molecule has 0 aliphatic heterocycles. The Morgan fingerprint density at radius 2 is 1.65 bits per heavy atom. The van der Waals surface area contributed by atoms with Gasteiger partial charge in [-0.05, 0) is 79.6 Å². The van der Waals surface area contributed by atoms with Gasteiger partial charge < -0.3 is 14.8 Å². The van der Waals surface area contributed by atoms with Crippen LogP contribution in [0.3, 0.4) is 0 Å². The van der Waals surface area contributed by atoms with Crippen LogP contribution >= 0.6 is 15.9 Å². The molecule has 0 saturated carbocycles. The van der Waals surface area contributed by atoms with E-state index >= 15 is 0 Å². The van der Waals surface area contributed by atoms with Crippen molar-refractivity contribution in [1.29, 1.82) is 0 Å². The summed E-state index contributed by atoms with van der Waals surface area (Å²) in [4.78, 5) is 36.7. The summed E-state index contributed by atoms with van der Waals surface area (Å²) in [6.45, 7) is 3.49. The summed E-state index contributed by atoms with van der Waals surface area (Å²) in [5.41, 5.74) is 5.02. The minimum absolute atomic E-state index is 0.311. The number of aryl methyl sites for hydroxylation is 1. The molecule has 0 aliphatic carbocycles. The molecule has 0 atom stereocenters. The first-order valence-electron chi connectivity index (χ1n) is 10.2. The van der Waals surface area contributed by atoms with Gasteiger partial charge in [0.05, 0.1) is 12.8 Å². The number of para-hydroxylation sites is 1. The Labute approximate surface area is 205 Å². The van der Waals surface area contributed by atoms with Crippen molar-refractivity contribution in [3.05, 3.63) is 87.9 Å². The number of benzene rings is 3. The largest absolute Gasteiger partial charge is 0.496 e. The molecule has 0 unspecified atom stereocenters. The highest BCUT2D eigenvalue weighted by atomic mass is 79.9. The lowest BCUT2D eigenvalue weighted by molar-refractivity contribution is -0.136. The topological polar surface area (TPSA) is 106 Å². The molecule has 0 radical (unpaired) electrons. The molecule has 3 aromatic rings. The Morgan fingerprint density at radius 3 is 2.32 bits per heavy atom. The number of nitrogens with one attached hydrogen (secondary N) is 2. The summed E-state index contributed by atoms with van der Waals surface area (Å²) in [5.74, 6) is -1.53. The highest BCUT2D eigenvalue weighted by molar-refractivity contribution is 9.10. The minimum atomic E-state index is -0.899. The molecule has 3 aromatic carbocycles. The van der Waals surface area contributed by atoms with Crippen LogP contribution in [0.25, 0.3) is 0 Å². The average Bonchev–Trinajstić information content (AvgIpc) is 2.84. The van der Waals surface area contributed by atoms with Crippen molar-refractivity contribution in [1.82, 2.24) is 5.43 Å². The van der Waals surface area contributed by atoms with Gasteiger partial charge >= 0.3 is 17.8 Å². The number of amides is 2. The van der Waals surface area contributed by atoms with E-state index in [1.165, 1.54) is 7.11 Å². The number of methoxy groups -OCH3 is 1. The Hall–Kier alpha value is -3.98. The summed E-state index contributed by atoms with van der Waals surface area (Å²) in [6.07, 6.45) is 0. The van der Waals surface area contributed by atoms with Crippen molar-refractivity contribution in [2.24, 2.45) is 5.10 Å². The molecule has 0 aliphatic rings. The standard InChI is InChI=1S/C25H22BrN3O5/c1-15-14-18(26)10-13-21(15)27-23(30)24(31)29-28-16(2)17-8-11-19(12-9-17)34-25(32)20-6-4-5-7-22(20)33-3/h4-14H,1-3H3,(H,27,30)(H,29,31)/b28-16+. The maximum atomic E-state index is 12.4. The van der Waals surface area contributed by atoms with Crippen LogP contribution in [0.5, 0.6) is 11.5 Å². The lowest BCUT2D eigenvalue weighted by Crippen LogP contribution is -2.33. The molecule has 0 aromatic heterocycles. The zero-order valence-corrected chi connectivity index (χ0v) is 20.3. The average molecular weight is 524 g/mol. The van der Waals surface area contributed by atoms with Crippen LogP contribution in [0.1, 0.15) is 28.4 Å². The third-order valence-corrected chi connectivity index (χ3v) is 5.27. The molecule has 9 heteroatoms. The number of hydrazone groups is 1. The van der Waals surface area contributed by atoms with E-state index in [1.807, 2.05) is 13.0 Å².